The van der Waals surface area contributed by atoms with E-state index in [1.54, 1.807) is 0 Å². The van der Waals surface area contributed by atoms with Crippen LogP contribution in [0, 0.1) is 0 Å². The van der Waals surface area contributed by atoms with Crippen LogP contribution in [0.3, 0.4) is 0 Å². The molecule has 0 amide bonds. The van der Waals surface area contributed by atoms with Crippen molar-refractivity contribution in [2.24, 2.45) is 0 Å². The van der Waals surface area contributed by atoms with Crippen LogP contribution in [0.4, 0.5) is 0 Å². The fraction of sp³-hybridized carbons (Fsp3) is 0.600. The van der Waals surface area contributed by atoms with E-state index in [2.05, 4.69) is 33.1 Å². The molecule has 0 aromatic carbocycles. The van der Waals surface area contributed by atoms with Gasteiger partial charge in [0.1, 0.15) is 5.76 Å². The number of nitrogens with zero attached hydrogens (tertiary/aromatic N) is 1. The monoisotopic (exact) mass is 258 g/mol. The van der Waals surface area contributed by atoms with Crippen LogP contribution in [-0.4, -0.2) is 31.1 Å². The first kappa shape index (κ1) is 10.2. The highest BCUT2D eigenvalue weighted by atomic mass is 79.9. The van der Waals surface area contributed by atoms with E-state index >= 15 is 0 Å². The van der Waals surface area contributed by atoms with E-state index in [1.165, 1.54) is 0 Å². The van der Waals surface area contributed by atoms with Crippen LogP contribution in [0.2, 0.25) is 0 Å². The predicted molar refractivity (Wildman–Crippen MR) is 59.3 cm³/mol. The molecule has 0 saturated carbocycles. The second-order valence-corrected chi connectivity index (χ2v) is 4.27. The summed E-state index contributed by atoms with van der Waals surface area (Å²) in [4.78, 5) is 2.43. The van der Waals surface area contributed by atoms with Crippen molar-refractivity contribution in [1.82, 2.24) is 10.2 Å². The average Bonchev–Trinajstić information content (AvgIpc) is 2.65. The number of hydrogen-bond donors (Lipinski definition) is 1. The molecule has 14 heavy (non-hydrogen) atoms. The molecule has 4 heteroatoms. The second-order valence-electron chi connectivity index (χ2n) is 3.49. The SMILES string of the molecule is CCN1CCNCC1c1ccc(Br)o1. The van der Waals surface area contributed by atoms with Crippen LogP contribution >= 0.6 is 15.9 Å². The largest absolute Gasteiger partial charge is 0.453 e. The number of piperazine rings is 1. The predicted octanol–water partition coefficient (Wildman–Crippen LogP) is 2.01. The Balaban J connectivity index is 2.14. The van der Waals surface area contributed by atoms with Crippen molar-refractivity contribution >= 4 is 15.9 Å². The first-order valence-electron chi connectivity index (χ1n) is 5.01. The Morgan fingerprint density at radius 2 is 2.50 bits per heavy atom. The summed E-state index contributed by atoms with van der Waals surface area (Å²) < 4.78 is 6.40. The maximum atomic E-state index is 5.59. The molecule has 1 fully saturated rings. The number of likely N-dealkylation sites (N-methyl/N-ethyl adjacent to an activating group) is 1. The summed E-state index contributed by atoms with van der Waals surface area (Å²) in [6, 6.07) is 4.39. The van der Waals surface area contributed by atoms with E-state index in [1.807, 2.05) is 12.1 Å². The van der Waals surface area contributed by atoms with Crippen LogP contribution in [0.1, 0.15) is 18.7 Å². The zero-order valence-electron chi connectivity index (χ0n) is 8.29. The third-order valence-corrected chi connectivity index (χ3v) is 3.11. The van der Waals surface area contributed by atoms with Gasteiger partial charge in [-0.1, -0.05) is 6.92 Å². The molecule has 1 aliphatic rings. The van der Waals surface area contributed by atoms with Crippen molar-refractivity contribution in [3.05, 3.63) is 22.6 Å². The molecule has 78 valence electrons. The fourth-order valence-electron chi connectivity index (χ4n) is 1.91. The summed E-state index contributed by atoms with van der Waals surface area (Å²) in [5.41, 5.74) is 0. The standard InChI is InChI=1S/C10H15BrN2O/c1-2-13-6-5-12-7-8(13)9-3-4-10(11)14-9/h3-4,8,12H,2,5-7H2,1H3. The lowest BCUT2D eigenvalue weighted by Gasteiger charge is -2.33. The molecule has 1 aromatic heterocycles. The van der Waals surface area contributed by atoms with Crippen molar-refractivity contribution in [3.63, 3.8) is 0 Å². The molecule has 0 bridgehead atoms. The molecule has 3 nitrogen and oxygen atoms in total. The molecular formula is C10H15BrN2O. The number of hydrogen-bond acceptors (Lipinski definition) is 3. The number of nitrogens with one attached hydrogen (secondary N) is 1. The van der Waals surface area contributed by atoms with Gasteiger partial charge in [-0.05, 0) is 34.6 Å². The second kappa shape index (κ2) is 4.47. The van der Waals surface area contributed by atoms with E-state index in [4.69, 9.17) is 4.42 Å². The quantitative estimate of drug-likeness (QED) is 0.880. The van der Waals surface area contributed by atoms with Crippen molar-refractivity contribution in [3.8, 4) is 0 Å². The minimum Gasteiger partial charge on any atom is -0.453 e. The van der Waals surface area contributed by atoms with E-state index in [9.17, 15) is 0 Å². The topological polar surface area (TPSA) is 28.4 Å². The molecule has 2 heterocycles. The van der Waals surface area contributed by atoms with Gasteiger partial charge in [0, 0.05) is 19.6 Å². The van der Waals surface area contributed by atoms with Gasteiger partial charge < -0.3 is 9.73 Å². The van der Waals surface area contributed by atoms with Gasteiger partial charge in [-0.2, -0.15) is 0 Å². The highest BCUT2D eigenvalue weighted by Gasteiger charge is 2.24. The van der Waals surface area contributed by atoms with Gasteiger partial charge in [-0.25, -0.2) is 0 Å². The lowest BCUT2D eigenvalue weighted by atomic mass is 10.1. The molecule has 0 radical (unpaired) electrons. The number of rotatable bonds is 2. The minimum atomic E-state index is 0.389. The van der Waals surface area contributed by atoms with E-state index in [-0.39, 0.29) is 0 Å². The van der Waals surface area contributed by atoms with Crippen LogP contribution in [0.5, 0.6) is 0 Å². The van der Waals surface area contributed by atoms with Crippen LogP contribution in [0.25, 0.3) is 0 Å². The number of furan rings is 1. The molecule has 1 N–H and O–H groups in total. The lowest BCUT2D eigenvalue weighted by Crippen LogP contribution is -2.45. The molecule has 1 saturated heterocycles. The van der Waals surface area contributed by atoms with Gasteiger partial charge >= 0.3 is 0 Å². The summed E-state index contributed by atoms with van der Waals surface area (Å²) in [7, 11) is 0. The summed E-state index contributed by atoms with van der Waals surface area (Å²) >= 11 is 3.34. The van der Waals surface area contributed by atoms with Gasteiger partial charge in [0.25, 0.3) is 0 Å². The maximum absolute atomic E-state index is 5.59. The summed E-state index contributed by atoms with van der Waals surface area (Å²) in [6.45, 7) is 6.42. The Morgan fingerprint density at radius 3 is 3.14 bits per heavy atom. The van der Waals surface area contributed by atoms with Gasteiger partial charge in [0.05, 0.1) is 6.04 Å². The van der Waals surface area contributed by atoms with Gasteiger partial charge in [-0.3, -0.25) is 4.90 Å². The third-order valence-electron chi connectivity index (χ3n) is 2.68. The minimum absolute atomic E-state index is 0.389. The zero-order valence-corrected chi connectivity index (χ0v) is 9.88. The Morgan fingerprint density at radius 1 is 1.64 bits per heavy atom. The van der Waals surface area contributed by atoms with Crippen LogP contribution in [0.15, 0.2) is 21.2 Å². The number of halogens is 1. The van der Waals surface area contributed by atoms with E-state index < -0.39 is 0 Å². The van der Waals surface area contributed by atoms with Crippen LogP contribution < -0.4 is 5.32 Å². The van der Waals surface area contributed by atoms with Gasteiger partial charge in [0.2, 0.25) is 0 Å². The molecule has 2 rings (SSSR count). The van der Waals surface area contributed by atoms with Crippen molar-refractivity contribution in [2.75, 3.05) is 26.2 Å². The molecular weight excluding hydrogens is 244 g/mol. The lowest BCUT2D eigenvalue weighted by molar-refractivity contribution is 0.149. The van der Waals surface area contributed by atoms with Gasteiger partial charge in [0.15, 0.2) is 4.67 Å². The Bertz CT molecular complexity index is 300. The van der Waals surface area contributed by atoms with Crippen LogP contribution in [-0.2, 0) is 0 Å². The molecule has 1 aliphatic heterocycles. The Labute approximate surface area is 92.6 Å². The summed E-state index contributed by atoms with van der Waals surface area (Å²) in [6.07, 6.45) is 0. The van der Waals surface area contributed by atoms with E-state index in [0.717, 1.165) is 36.6 Å². The average molecular weight is 259 g/mol. The first-order valence-corrected chi connectivity index (χ1v) is 5.80. The summed E-state index contributed by atoms with van der Waals surface area (Å²) in [5, 5.41) is 3.39. The van der Waals surface area contributed by atoms with Gasteiger partial charge in [-0.15, -0.1) is 0 Å². The fourth-order valence-corrected chi connectivity index (χ4v) is 2.23. The van der Waals surface area contributed by atoms with E-state index in [0.29, 0.717) is 6.04 Å². The molecule has 1 unspecified atom stereocenters. The van der Waals surface area contributed by atoms with Crippen molar-refractivity contribution in [1.29, 1.82) is 0 Å². The molecule has 1 aromatic rings. The van der Waals surface area contributed by atoms with Crippen molar-refractivity contribution in [2.45, 2.75) is 13.0 Å². The Kier molecular flexibility index (Phi) is 3.26. The molecule has 1 atom stereocenters. The third kappa shape index (κ3) is 2.02. The molecule has 0 aliphatic carbocycles. The summed E-state index contributed by atoms with van der Waals surface area (Å²) in [5.74, 6) is 1.05. The molecule has 0 spiro atoms. The smallest absolute Gasteiger partial charge is 0.169 e. The zero-order chi connectivity index (χ0) is 9.97. The first-order chi connectivity index (χ1) is 6.81. The normalized spacial score (nSPS) is 24.0. The van der Waals surface area contributed by atoms with Crippen molar-refractivity contribution < 1.29 is 4.42 Å². The Hall–Kier alpha value is -0.320. The highest BCUT2D eigenvalue weighted by molar-refractivity contribution is 9.10. The maximum Gasteiger partial charge on any atom is 0.169 e. The highest BCUT2D eigenvalue weighted by Crippen LogP contribution is 2.25.